The zero-order valence-electron chi connectivity index (χ0n) is 17.8. The molecule has 0 radical (unpaired) electrons. The van der Waals surface area contributed by atoms with Crippen LogP contribution in [0.3, 0.4) is 0 Å². The molecule has 1 aromatic carbocycles. The van der Waals surface area contributed by atoms with Crippen molar-refractivity contribution in [3.8, 4) is 5.75 Å². The molecular formula is C22H24ClF2N5O2. The highest BCUT2D eigenvalue weighted by molar-refractivity contribution is 6.43. The fraction of sp³-hybridized carbons (Fsp3) is 0.409. The molecule has 4 rings (SSSR count). The number of aliphatic imine (C=N–C) groups is 1. The Morgan fingerprint density at radius 1 is 1.34 bits per heavy atom. The number of nitrogens with one attached hydrogen (secondary N) is 3. The topological polar surface area (TPSA) is 89.8 Å². The van der Waals surface area contributed by atoms with Crippen molar-refractivity contribution in [1.82, 2.24) is 15.5 Å². The fourth-order valence-electron chi connectivity index (χ4n) is 3.91. The molecule has 1 unspecified atom stereocenters. The van der Waals surface area contributed by atoms with Crippen LogP contribution in [0.2, 0.25) is 0 Å². The van der Waals surface area contributed by atoms with Crippen LogP contribution >= 0.6 is 11.6 Å². The Bertz CT molecular complexity index is 1070. The lowest BCUT2D eigenvalue weighted by molar-refractivity contribution is 0.0678. The van der Waals surface area contributed by atoms with Crippen molar-refractivity contribution in [3.63, 3.8) is 0 Å². The van der Waals surface area contributed by atoms with Gasteiger partial charge < -0.3 is 25.7 Å². The molecule has 2 fully saturated rings. The molecule has 3 heterocycles. The van der Waals surface area contributed by atoms with Crippen LogP contribution in [0.4, 0.5) is 8.78 Å². The summed E-state index contributed by atoms with van der Waals surface area (Å²) in [6.45, 7) is 4.53. The minimum Gasteiger partial charge on any atom is -0.486 e. The first-order valence-corrected chi connectivity index (χ1v) is 10.7. The van der Waals surface area contributed by atoms with Gasteiger partial charge in [-0.25, -0.2) is 13.8 Å². The number of hydrogen-bond acceptors (Lipinski definition) is 6. The molecule has 2 saturated heterocycles. The maximum Gasteiger partial charge on any atom is 0.258 e. The van der Waals surface area contributed by atoms with Gasteiger partial charge in [0, 0.05) is 23.9 Å². The largest absolute Gasteiger partial charge is 0.486 e. The Balaban J connectivity index is 1.58. The van der Waals surface area contributed by atoms with Crippen LogP contribution in [0.15, 0.2) is 45.3 Å². The van der Waals surface area contributed by atoms with Gasteiger partial charge in [0.2, 0.25) is 0 Å². The average Bonchev–Trinajstić information content (AvgIpc) is 3.14. The van der Waals surface area contributed by atoms with Crippen LogP contribution in [0.5, 0.6) is 5.75 Å². The summed E-state index contributed by atoms with van der Waals surface area (Å²) in [6.07, 6.45) is -1.61. The Hall–Kier alpha value is -2.78. The third-order valence-electron chi connectivity index (χ3n) is 5.67. The molecule has 1 amide bonds. The molecule has 7 nitrogen and oxygen atoms in total. The van der Waals surface area contributed by atoms with E-state index in [0.29, 0.717) is 35.1 Å². The number of alkyl halides is 1. The summed E-state index contributed by atoms with van der Waals surface area (Å²) in [6, 6.07) is 3.61. The van der Waals surface area contributed by atoms with Crippen molar-refractivity contribution in [2.45, 2.75) is 32.5 Å². The summed E-state index contributed by atoms with van der Waals surface area (Å²) in [5.74, 6) is -0.512. The number of piperidine rings is 1. The average molecular weight is 464 g/mol. The second-order valence-electron chi connectivity index (χ2n) is 8.03. The smallest absolute Gasteiger partial charge is 0.258 e. The van der Waals surface area contributed by atoms with Crippen molar-refractivity contribution in [2.24, 2.45) is 4.99 Å². The summed E-state index contributed by atoms with van der Waals surface area (Å²) in [7, 11) is 0. The lowest BCUT2D eigenvalue weighted by Gasteiger charge is -2.28. The maximum absolute atomic E-state index is 14.2. The molecule has 10 heteroatoms. The Morgan fingerprint density at radius 2 is 2.12 bits per heavy atom. The van der Waals surface area contributed by atoms with E-state index in [1.807, 2.05) is 6.92 Å². The van der Waals surface area contributed by atoms with Gasteiger partial charge in [-0.3, -0.25) is 4.79 Å². The van der Waals surface area contributed by atoms with E-state index in [4.69, 9.17) is 21.7 Å². The Morgan fingerprint density at radius 3 is 2.84 bits per heavy atom. The predicted molar refractivity (Wildman–Crippen MR) is 119 cm³/mol. The van der Waals surface area contributed by atoms with Crippen LogP contribution < -0.4 is 15.4 Å². The summed E-state index contributed by atoms with van der Waals surface area (Å²) in [5, 5.41) is 14.9. The Kier molecular flexibility index (Phi) is 6.30. The maximum atomic E-state index is 14.2. The molecule has 0 saturated carbocycles. The summed E-state index contributed by atoms with van der Waals surface area (Å²) in [4.78, 5) is 19.2. The first-order chi connectivity index (χ1) is 15.2. The molecule has 0 spiro atoms. The monoisotopic (exact) mass is 463 g/mol. The van der Waals surface area contributed by atoms with E-state index in [9.17, 15) is 13.6 Å². The molecular weight excluding hydrogens is 440 g/mol. The normalized spacial score (nSPS) is 26.2. The number of benzene rings is 1. The van der Waals surface area contributed by atoms with E-state index in [0.717, 1.165) is 11.8 Å². The lowest BCUT2D eigenvalue weighted by atomic mass is 10.1. The highest BCUT2D eigenvalue weighted by atomic mass is 35.5. The van der Waals surface area contributed by atoms with Gasteiger partial charge in [0.25, 0.3) is 5.91 Å². The van der Waals surface area contributed by atoms with Crippen LogP contribution in [0, 0.1) is 11.2 Å². The standard InChI is InChI=1S/C22H24ClF2N5O2/c1-11-20(23)12(2)29-21(28-11)15-9-30(10-17(15)26)22(31)14-4-3-13(24)7-19(14)32-18-5-6-27-8-16(18)25/h3-4,7,16,18,26-28H,5-6,8-10H2,1-2H3/b21-15+,26-17?/t16-,18?/m0/s1. The number of likely N-dealkylation sites (tertiary alicyclic amines) is 1. The van der Waals surface area contributed by atoms with E-state index >= 15 is 0 Å². The van der Waals surface area contributed by atoms with E-state index in [2.05, 4.69) is 15.6 Å². The van der Waals surface area contributed by atoms with E-state index < -0.39 is 24.0 Å². The third-order valence-corrected chi connectivity index (χ3v) is 6.23. The van der Waals surface area contributed by atoms with Gasteiger partial charge in [-0.05, 0) is 38.9 Å². The number of ether oxygens (including phenoxy) is 1. The summed E-state index contributed by atoms with van der Waals surface area (Å²) in [5.41, 5.74) is 2.30. The van der Waals surface area contributed by atoms with Crippen molar-refractivity contribution in [3.05, 3.63) is 51.7 Å². The van der Waals surface area contributed by atoms with E-state index in [1.165, 1.54) is 17.0 Å². The van der Waals surface area contributed by atoms with Crippen molar-refractivity contribution in [1.29, 1.82) is 5.41 Å². The first kappa shape index (κ1) is 22.4. The number of nitrogens with zero attached hydrogens (tertiary/aromatic N) is 2. The number of rotatable bonds is 3. The zero-order chi connectivity index (χ0) is 23.0. The molecule has 3 aliphatic heterocycles. The van der Waals surface area contributed by atoms with Gasteiger partial charge in [-0.2, -0.15) is 0 Å². The fourth-order valence-corrected chi connectivity index (χ4v) is 4.00. The van der Waals surface area contributed by atoms with Crippen molar-refractivity contribution in [2.75, 3.05) is 26.2 Å². The highest BCUT2D eigenvalue weighted by Gasteiger charge is 2.33. The summed E-state index contributed by atoms with van der Waals surface area (Å²) >= 11 is 6.18. The number of carbonyl (C=O) groups excluding carboxylic acids is 1. The van der Waals surface area contributed by atoms with Crippen molar-refractivity contribution >= 4 is 28.9 Å². The van der Waals surface area contributed by atoms with Gasteiger partial charge in [0.05, 0.1) is 35.1 Å². The van der Waals surface area contributed by atoms with Crippen LogP contribution in [-0.2, 0) is 0 Å². The molecule has 0 aromatic heterocycles. The molecule has 0 bridgehead atoms. The SMILES string of the molecule is CC1=N/C(=C2\CN(C(=O)c3ccc(F)cc3OC3CCNC[C@@H]3F)CC2=N)NC(C)=C1Cl. The van der Waals surface area contributed by atoms with Crippen LogP contribution in [0.1, 0.15) is 30.6 Å². The molecule has 0 aliphatic carbocycles. The van der Waals surface area contributed by atoms with E-state index in [1.54, 1.807) is 6.92 Å². The van der Waals surface area contributed by atoms with Crippen LogP contribution in [-0.4, -0.2) is 60.7 Å². The third kappa shape index (κ3) is 4.40. The Labute approximate surface area is 189 Å². The predicted octanol–water partition coefficient (Wildman–Crippen LogP) is 3.13. The quantitative estimate of drug-likeness (QED) is 0.642. The van der Waals surface area contributed by atoms with E-state index in [-0.39, 0.29) is 36.7 Å². The number of allylic oxidation sites excluding steroid dienone is 2. The molecule has 3 N–H and O–H groups in total. The van der Waals surface area contributed by atoms with Gasteiger partial charge in [0.15, 0.2) is 0 Å². The zero-order valence-corrected chi connectivity index (χ0v) is 18.5. The molecule has 32 heavy (non-hydrogen) atoms. The van der Waals surface area contributed by atoms with Gasteiger partial charge >= 0.3 is 0 Å². The summed E-state index contributed by atoms with van der Waals surface area (Å²) < 4.78 is 33.9. The second kappa shape index (κ2) is 8.99. The molecule has 170 valence electrons. The number of carbonyl (C=O) groups is 1. The highest BCUT2D eigenvalue weighted by Crippen LogP contribution is 2.28. The minimum absolute atomic E-state index is 0.00685. The minimum atomic E-state index is -1.26. The van der Waals surface area contributed by atoms with Gasteiger partial charge in [0.1, 0.15) is 29.7 Å². The van der Waals surface area contributed by atoms with Gasteiger partial charge in [-0.1, -0.05) is 11.6 Å². The number of halogens is 3. The van der Waals surface area contributed by atoms with Crippen LogP contribution in [0.25, 0.3) is 0 Å². The molecule has 2 atom stereocenters. The van der Waals surface area contributed by atoms with Gasteiger partial charge in [-0.15, -0.1) is 0 Å². The van der Waals surface area contributed by atoms with Crippen molar-refractivity contribution < 1.29 is 18.3 Å². The molecule has 3 aliphatic rings. The first-order valence-electron chi connectivity index (χ1n) is 10.3. The number of hydrogen-bond donors (Lipinski definition) is 3. The lowest BCUT2D eigenvalue weighted by Crippen LogP contribution is -2.44. The second-order valence-corrected chi connectivity index (χ2v) is 8.41. The molecule has 1 aromatic rings. The number of amides is 1.